The van der Waals surface area contributed by atoms with Crippen molar-refractivity contribution in [1.82, 2.24) is 0 Å². The quantitative estimate of drug-likeness (QED) is 0.173. The van der Waals surface area contributed by atoms with Gasteiger partial charge in [-0.3, -0.25) is 9.59 Å². The second-order valence-electron chi connectivity index (χ2n) is 7.94. The SMILES string of the molecule is CCCCCCC(=O)Oc1cccc2c1oc1c(OC(=O)CCCCCC)cccc12. The number of esters is 2. The number of furan rings is 1. The Hall–Kier alpha value is -2.82. The van der Waals surface area contributed by atoms with Crippen molar-refractivity contribution >= 4 is 33.9 Å². The third kappa shape index (κ3) is 6.09. The molecular formula is C26H32O5. The van der Waals surface area contributed by atoms with Crippen LogP contribution in [0.15, 0.2) is 40.8 Å². The third-order valence-corrected chi connectivity index (χ3v) is 5.37. The highest BCUT2D eigenvalue weighted by Gasteiger charge is 2.18. The van der Waals surface area contributed by atoms with E-state index in [-0.39, 0.29) is 11.9 Å². The van der Waals surface area contributed by atoms with Crippen molar-refractivity contribution in [2.45, 2.75) is 78.1 Å². The molecule has 0 bridgehead atoms. The monoisotopic (exact) mass is 424 g/mol. The van der Waals surface area contributed by atoms with Crippen LogP contribution in [0.25, 0.3) is 21.9 Å². The standard InChI is InChI=1S/C26H32O5/c1-3-5-7-9-17-23(27)29-21-15-11-13-19-20-14-12-16-22(26(20)31-25(19)21)30-24(28)18-10-8-6-4-2/h11-16H,3-10,17-18H2,1-2H3. The summed E-state index contributed by atoms with van der Waals surface area (Å²) < 4.78 is 17.2. The summed E-state index contributed by atoms with van der Waals surface area (Å²) >= 11 is 0. The van der Waals surface area contributed by atoms with Gasteiger partial charge in [-0.05, 0) is 25.0 Å². The van der Waals surface area contributed by atoms with E-state index >= 15 is 0 Å². The van der Waals surface area contributed by atoms with E-state index < -0.39 is 0 Å². The van der Waals surface area contributed by atoms with Gasteiger partial charge in [0.05, 0.1) is 0 Å². The topological polar surface area (TPSA) is 65.7 Å². The van der Waals surface area contributed by atoms with E-state index in [1.807, 2.05) is 24.3 Å². The van der Waals surface area contributed by atoms with E-state index in [9.17, 15) is 9.59 Å². The van der Waals surface area contributed by atoms with Crippen molar-refractivity contribution < 1.29 is 23.5 Å². The Bertz CT molecular complexity index is 937. The zero-order chi connectivity index (χ0) is 22.1. The first-order valence-corrected chi connectivity index (χ1v) is 11.5. The molecule has 0 unspecified atom stereocenters. The molecule has 2 aromatic carbocycles. The van der Waals surface area contributed by atoms with E-state index in [0.717, 1.165) is 62.1 Å². The molecule has 31 heavy (non-hydrogen) atoms. The molecule has 0 N–H and O–H groups in total. The van der Waals surface area contributed by atoms with Gasteiger partial charge in [0.2, 0.25) is 0 Å². The van der Waals surface area contributed by atoms with E-state index in [2.05, 4.69) is 13.8 Å². The average Bonchev–Trinajstić information content (AvgIpc) is 3.15. The van der Waals surface area contributed by atoms with Gasteiger partial charge in [0.1, 0.15) is 0 Å². The predicted molar refractivity (Wildman–Crippen MR) is 123 cm³/mol. The van der Waals surface area contributed by atoms with Gasteiger partial charge in [-0.15, -0.1) is 0 Å². The van der Waals surface area contributed by atoms with Gasteiger partial charge in [-0.25, -0.2) is 0 Å². The van der Waals surface area contributed by atoms with Crippen LogP contribution in [0, 0.1) is 0 Å². The van der Waals surface area contributed by atoms with E-state index in [0.29, 0.717) is 35.5 Å². The molecule has 1 heterocycles. The minimum absolute atomic E-state index is 0.261. The number of carbonyl (C=O) groups is 2. The third-order valence-electron chi connectivity index (χ3n) is 5.37. The Labute approximate surface area is 183 Å². The Morgan fingerprint density at radius 2 is 1.13 bits per heavy atom. The van der Waals surface area contributed by atoms with E-state index in [1.54, 1.807) is 12.1 Å². The number of carbonyl (C=O) groups excluding carboxylic acids is 2. The largest absolute Gasteiger partial charge is 0.448 e. The van der Waals surface area contributed by atoms with E-state index in [4.69, 9.17) is 13.9 Å². The van der Waals surface area contributed by atoms with E-state index in [1.165, 1.54) is 0 Å². The number of ether oxygens (including phenoxy) is 2. The summed E-state index contributed by atoms with van der Waals surface area (Å²) in [5, 5.41) is 1.65. The highest BCUT2D eigenvalue weighted by atomic mass is 16.5. The van der Waals surface area contributed by atoms with Crippen molar-refractivity contribution in [3.05, 3.63) is 36.4 Å². The van der Waals surface area contributed by atoms with Gasteiger partial charge < -0.3 is 13.9 Å². The maximum Gasteiger partial charge on any atom is 0.311 e. The fourth-order valence-electron chi connectivity index (χ4n) is 3.67. The van der Waals surface area contributed by atoms with Gasteiger partial charge in [0, 0.05) is 23.6 Å². The molecule has 0 spiro atoms. The van der Waals surface area contributed by atoms with Gasteiger partial charge >= 0.3 is 11.9 Å². The van der Waals surface area contributed by atoms with Crippen LogP contribution in [0.2, 0.25) is 0 Å². The summed E-state index contributed by atoms with van der Waals surface area (Å²) in [6, 6.07) is 11.0. The molecule has 3 aromatic rings. The summed E-state index contributed by atoms with van der Waals surface area (Å²) in [6.07, 6.45) is 8.94. The Morgan fingerprint density at radius 1 is 0.677 bits per heavy atom. The van der Waals surface area contributed by atoms with Gasteiger partial charge in [0.15, 0.2) is 22.7 Å². The molecule has 1 aromatic heterocycles. The molecule has 0 fully saturated rings. The van der Waals surface area contributed by atoms with Gasteiger partial charge in [0.25, 0.3) is 0 Å². The number of rotatable bonds is 12. The van der Waals surface area contributed by atoms with Crippen molar-refractivity contribution in [2.24, 2.45) is 0 Å². The summed E-state index contributed by atoms with van der Waals surface area (Å²) in [6.45, 7) is 4.28. The highest BCUT2D eigenvalue weighted by molar-refractivity contribution is 6.09. The lowest BCUT2D eigenvalue weighted by Crippen LogP contribution is -2.07. The van der Waals surface area contributed by atoms with Crippen LogP contribution in [-0.2, 0) is 9.59 Å². The first kappa shape index (κ1) is 22.9. The van der Waals surface area contributed by atoms with Crippen LogP contribution in [0.4, 0.5) is 0 Å². The lowest BCUT2D eigenvalue weighted by molar-refractivity contribution is -0.135. The number of hydrogen-bond acceptors (Lipinski definition) is 5. The van der Waals surface area contributed by atoms with Crippen molar-refractivity contribution in [3.63, 3.8) is 0 Å². The maximum atomic E-state index is 12.3. The molecular weight excluding hydrogens is 392 g/mol. The molecule has 3 rings (SSSR count). The van der Waals surface area contributed by atoms with Gasteiger partial charge in [-0.2, -0.15) is 0 Å². The molecule has 0 radical (unpaired) electrons. The summed E-state index contributed by atoms with van der Waals surface area (Å²) in [4.78, 5) is 24.5. The molecule has 5 nitrogen and oxygen atoms in total. The molecule has 5 heteroatoms. The minimum atomic E-state index is -0.261. The Kier molecular flexibility index (Phi) is 8.51. The normalized spacial score (nSPS) is 11.2. The molecule has 0 aliphatic carbocycles. The van der Waals surface area contributed by atoms with Gasteiger partial charge in [-0.1, -0.05) is 76.6 Å². The zero-order valence-corrected chi connectivity index (χ0v) is 18.6. The number of hydrogen-bond donors (Lipinski definition) is 0. The fraction of sp³-hybridized carbons (Fsp3) is 0.462. The van der Waals surface area contributed by atoms with Crippen molar-refractivity contribution in [3.8, 4) is 11.5 Å². The van der Waals surface area contributed by atoms with Crippen LogP contribution in [-0.4, -0.2) is 11.9 Å². The molecule has 166 valence electrons. The minimum Gasteiger partial charge on any atom is -0.448 e. The fourth-order valence-corrected chi connectivity index (χ4v) is 3.67. The molecule has 0 amide bonds. The molecule has 0 aliphatic rings. The lowest BCUT2D eigenvalue weighted by Gasteiger charge is -2.05. The average molecular weight is 425 g/mol. The highest BCUT2D eigenvalue weighted by Crippen LogP contribution is 2.38. The summed E-state index contributed by atoms with van der Waals surface area (Å²) in [7, 11) is 0. The Balaban J connectivity index is 1.77. The number of fused-ring (bicyclic) bond motifs is 3. The summed E-state index contributed by atoms with van der Waals surface area (Å²) in [5.41, 5.74) is 0.983. The van der Waals surface area contributed by atoms with Crippen molar-refractivity contribution in [2.75, 3.05) is 0 Å². The van der Waals surface area contributed by atoms with Crippen LogP contribution in [0.1, 0.15) is 78.1 Å². The number of para-hydroxylation sites is 2. The molecule has 0 saturated carbocycles. The molecule has 0 atom stereocenters. The number of unbranched alkanes of at least 4 members (excludes halogenated alkanes) is 6. The molecule has 0 saturated heterocycles. The lowest BCUT2D eigenvalue weighted by atomic mass is 10.1. The first-order valence-electron chi connectivity index (χ1n) is 11.5. The van der Waals surface area contributed by atoms with Crippen LogP contribution >= 0.6 is 0 Å². The maximum absolute atomic E-state index is 12.3. The molecule has 0 aliphatic heterocycles. The summed E-state index contributed by atoms with van der Waals surface area (Å²) in [5.74, 6) is 0.266. The second kappa shape index (κ2) is 11.5. The first-order chi connectivity index (χ1) is 15.1. The number of benzene rings is 2. The second-order valence-corrected chi connectivity index (χ2v) is 7.94. The van der Waals surface area contributed by atoms with Crippen LogP contribution in [0.5, 0.6) is 11.5 Å². The Morgan fingerprint density at radius 3 is 1.55 bits per heavy atom. The smallest absolute Gasteiger partial charge is 0.311 e. The zero-order valence-electron chi connectivity index (χ0n) is 18.6. The predicted octanol–water partition coefficient (Wildman–Crippen LogP) is 7.34. The van der Waals surface area contributed by atoms with Crippen LogP contribution in [0.3, 0.4) is 0 Å². The van der Waals surface area contributed by atoms with Crippen molar-refractivity contribution in [1.29, 1.82) is 0 Å². The van der Waals surface area contributed by atoms with Crippen LogP contribution < -0.4 is 9.47 Å².